The maximum atomic E-state index is 13.1. The maximum absolute atomic E-state index is 13.1. The lowest BCUT2D eigenvalue weighted by atomic mass is 10.2. The largest absolute Gasteiger partial charge is 0.490 e. The van der Waals surface area contributed by atoms with Gasteiger partial charge in [0, 0.05) is 12.4 Å². The fraction of sp³-hybridized carbons (Fsp3) is 0.150. The van der Waals surface area contributed by atoms with Crippen LogP contribution in [0, 0.1) is 5.41 Å². The van der Waals surface area contributed by atoms with Crippen LogP contribution in [0.1, 0.15) is 12.5 Å². The van der Waals surface area contributed by atoms with E-state index in [0.29, 0.717) is 34.4 Å². The molecule has 3 heterocycles. The topological polar surface area (TPSA) is 150 Å². The number of nitrogens with zero attached hydrogens (tertiary/aromatic N) is 4. The molecule has 11 nitrogen and oxygen atoms in total. The molecule has 0 bridgehead atoms. The first-order valence-electron chi connectivity index (χ1n) is 9.44. The molecule has 2 amide bonds. The van der Waals surface area contributed by atoms with Gasteiger partial charge in [-0.05, 0) is 64.9 Å². The van der Waals surface area contributed by atoms with E-state index < -0.39 is 11.8 Å². The molecule has 1 aliphatic rings. The number of aromatic nitrogens is 3. The summed E-state index contributed by atoms with van der Waals surface area (Å²) in [6.45, 7) is 1.91. The second-order valence-electron chi connectivity index (χ2n) is 6.45. The van der Waals surface area contributed by atoms with Gasteiger partial charge in [-0.1, -0.05) is 6.07 Å². The lowest BCUT2D eigenvalue weighted by molar-refractivity contribution is -0.120. The fourth-order valence-electron chi connectivity index (χ4n) is 2.94. The van der Waals surface area contributed by atoms with E-state index in [9.17, 15) is 9.59 Å². The summed E-state index contributed by atoms with van der Waals surface area (Å²) >= 11 is 0.987. The number of nitrogens with one attached hydrogen (secondary N) is 1. The summed E-state index contributed by atoms with van der Waals surface area (Å²) in [5, 5.41) is 15.9. The highest BCUT2D eigenvalue weighted by Crippen LogP contribution is 2.37. The predicted octanol–water partition coefficient (Wildman–Crippen LogP) is 2.18. The van der Waals surface area contributed by atoms with Crippen LogP contribution in [-0.2, 0) is 9.59 Å². The van der Waals surface area contributed by atoms with Crippen molar-refractivity contribution in [3.63, 3.8) is 0 Å². The Hall–Kier alpha value is -4.06. The standard InChI is InChI=1S/C20H18N6O5S/c1-2-29-14-9-12(5-6-13(14)30-11-16(21)27)10-15-19(28)26(20(22)32-15)18-17(23-31-24-18)25-7-3-4-8-25/h3-10,22H,2,11H2,1H3,(H2,21,27)/b15-10-,22-20?. The van der Waals surface area contributed by atoms with Gasteiger partial charge >= 0.3 is 0 Å². The van der Waals surface area contributed by atoms with Crippen LogP contribution >= 0.6 is 11.8 Å². The molecule has 1 saturated heterocycles. The van der Waals surface area contributed by atoms with Gasteiger partial charge in [0.15, 0.2) is 23.3 Å². The molecular weight excluding hydrogens is 436 g/mol. The monoisotopic (exact) mass is 454 g/mol. The number of hydrogen-bond donors (Lipinski definition) is 2. The number of ether oxygens (including phenoxy) is 2. The van der Waals surface area contributed by atoms with Crippen molar-refractivity contribution in [2.75, 3.05) is 18.1 Å². The first-order valence-corrected chi connectivity index (χ1v) is 10.3. The van der Waals surface area contributed by atoms with Crippen molar-refractivity contribution < 1.29 is 23.7 Å². The Kier molecular flexibility index (Phi) is 5.94. The van der Waals surface area contributed by atoms with Gasteiger partial charge in [-0.3, -0.25) is 15.0 Å². The van der Waals surface area contributed by atoms with Crippen LogP contribution in [0.3, 0.4) is 0 Å². The van der Waals surface area contributed by atoms with Crippen LogP contribution in [0.4, 0.5) is 5.82 Å². The molecule has 0 radical (unpaired) electrons. The van der Waals surface area contributed by atoms with E-state index >= 15 is 0 Å². The number of amides is 2. The van der Waals surface area contributed by atoms with E-state index in [1.807, 2.05) is 6.92 Å². The van der Waals surface area contributed by atoms with E-state index in [2.05, 4.69) is 10.3 Å². The number of thioether (sulfide) groups is 1. The van der Waals surface area contributed by atoms with Crippen molar-refractivity contribution in [1.82, 2.24) is 14.9 Å². The van der Waals surface area contributed by atoms with Gasteiger partial charge < -0.3 is 19.8 Å². The van der Waals surface area contributed by atoms with Crippen molar-refractivity contribution in [2.24, 2.45) is 5.73 Å². The van der Waals surface area contributed by atoms with Crippen LogP contribution < -0.4 is 20.1 Å². The zero-order chi connectivity index (χ0) is 22.7. The molecule has 12 heteroatoms. The molecule has 4 rings (SSSR count). The summed E-state index contributed by atoms with van der Waals surface area (Å²) in [7, 11) is 0. The van der Waals surface area contributed by atoms with E-state index in [1.54, 1.807) is 53.4 Å². The lowest BCUT2D eigenvalue weighted by Gasteiger charge is -2.12. The minimum Gasteiger partial charge on any atom is -0.490 e. The van der Waals surface area contributed by atoms with Crippen LogP contribution in [0.15, 0.2) is 52.3 Å². The summed E-state index contributed by atoms with van der Waals surface area (Å²) in [6.07, 6.45) is 5.09. The smallest absolute Gasteiger partial charge is 0.272 e. The van der Waals surface area contributed by atoms with Crippen molar-refractivity contribution >= 4 is 40.6 Å². The molecule has 0 aliphatic carbocycles. The molecule has 2 aromatic heterocycles. The van der Waals surface area contributed by atoms with Gasteiger partial charge in [0.1, 0.15) is 0 Å². The SMILES string of the molecule is CCOc1cc(/C=C2\SC(=N)N(c3nonc3-n3cccc3)C2=O)ccc1OCC(N)=O. The van der Waals surface area contributed by atoms with E-state index in [0.717, 1.165) is 16.7 Å². The summed E-state index contributed by atoms with van der Waals surface area (Å²) in [4.78, 5) is 25.5. The first kappa shape index (κ1) is 21.2. The summed E-state index contributed by atoms with van der Waals surface area (Å²) < 4.78 is 17.4. The Labute approximate surface area is 186 Å². The highest BCUT2D eigenvalue weighted by molar-refractivity contribution is 8.19. The number of benzene rings is 1. The Morgan fingerprint density at radius 2 is 1.97 bits per heavy atom. The van der Waals surface area contributed by atoms with Crippen molar-refractivity contribution in [2.45, 2.75) is 6.92 Å². The van der Waals surface area contributed by atoms with Gasteiger partial charge in [0.25, 0.3) is 11.8 Å². The Balaban J connectivity index is 1.61. The average molecular weight is 454 g/mol. The van der Waals surface area contributed by atoms with Gasteiger partial charge in [-0.15, -0.1) is 0 Å². The summed E-state index contributed by atoms with van der Waals surface area (Å²) in [5.74, 6) is 0.142. The Morgan fingerprint density at radius 1 is 1.22 bits per heavy atom. The number of carbonyl (C=O) groups excluding carboxylic acids is 2. The summed E-state index contributed by atoms with van der Waals surface area (Å²) in [5.41, 5.74) is 5.78. The molecule has 1 aliphatic heterocycles. The predicted molar refractivity (Wildman–Crippen MR) is 117 cm³/mol. The van der Waals surface area contributed by atoms with Crippen LogP contribution in [0.5, 0.6) is 11.5 Å². The number of carbonyl (C=O) groups is 2. The minimum absolute atomic E-state index is 0.0307. The molecular formula is C20H18N6O5S. The molecule has 1 fully saturated rings. The lowest BCUT2D eigenvalue weighted by Crippen LogP contribution is -2.29. The van der Waals surface area contributed by atoms with Crippen LogP contribution in [0.25, 0.3) is 11.9 Å². The van der Waals surface area contributed by atoms with Gasteiger partial charge in [-0.2, -0.15) is 0 Å². The first-order chi connectivity index (χ1) is 15.5. The molecule has 32 heavy (non-hydrogen) atoms. The molecule has 164 valence electrons. The molecule has 0 atom stereocenters. The third-order valence-electron chi connectivity index (χ3n) is 4.27. The second-order valence-corrected chi connectivity index (χ2v) is 7.48. The highest BCUT2D eigenvalue weighted by Gasteiger charge is 2.38. The normalized spacial score (nSPS) is 14.9. The fourth-order valence-corrected chi connectivity index (χ4v) is 3.78. The minimum atomic E-state index is -0.605. The van der Waals surface area contributed by atoms with Gasteiger partial charge in [0.05, 0.1) is 11.5 Å². The van der Waals surface area contributed by atoms with Crippen molar-refractivity contribution in [3.8, 4) is 17.3 Å². The van der Waals surface area contributed by atoms with E-state index in [-0.39, 0.29) is 17.6 Å². The maximum Gasteiger partial charge on any atom is 0.272 e. The van der Waals surface area contributed by atoms with Gasteiger partial charge in [-0.25, -0.2) is 9.53 Å². The number of nitrogens with two attached hydrogens (primary N) is 1. The molecule has 3 N–H and O–H groups in total. The third-order valence-corrected chi connectivity index (χ3v) is 5.16. The van der Waals surface area contributed by atoms with Crippen LogP contribution in [0.2, 0.25) is 0 Å². The second kappa shape index (κ2) is 8.98. The molecule has 0 unspecified atom stereocenters. The Bertz CT molecular complexity index is 1200. The van der Waals surface area contributed by atoms with Crippen molar-refractivity contribution in [1.29, 1.82) is 5.41 Å². The Morgan fingerprint density at radius 3 is 2.69 bits per heavy atom. The zero-order valence-corrected chi connectivity index (χ0v) is 17.7. The molecule has 1 aromatic carbocycles. The number of anilines is 1. The van der Waals surface area contributed by atoms with E-state index in [4.69, 9.17) is 25.2 Å². The number of primary amides is 1. The third kappa shape index (κ3) is 4.21. The van der Waals surface area contributed by atoms with E-state index in [1.165, 1.54) is 0 Å². The number of rotatable bonds is 8. The molecule has 0 spiro atoms. The molecule has 0 saturated carbocycles. The van der Waals surface area contributed by atoms with Gasteiger partial charge in [0.2, 0.25) is 11.6 Å². The molecule has 3 aromatic rings. The zero-order valence-electron chi connectivity index (χ0n) is 16.8. The highest BCUT2D eigenvalue weighted by atomic mass is 32.2. The average Bonchev–Trinajstić information content (AvgIpc) is 3.49. The number of amidine groups is 1. The quantitative estimate of drug-likeness (QED) is 0.492. The van der Waals surface area contributed by atoms with Crippen molar-refractivity contribution in [3.05, 3.63) is 53.2 Å². The number of hydrogen-bond acceptors (Lipinski definition) is 9. The van der Waals surface area contributed by atoms with Crippen LogP contribution in [-0.4, -0.2) is 45.1 Å². The summed E-state index contributed by atoms with van der Waals surface area (Å²) in [6, 6.07) is 8.59.